The maximum Gasteiger partial charge on any atom is 0.433 e. The molecule has 0 unspecified atom stereocenters. The largest absolute Gasteiger partial charge is 0.433 e. The van der Waals surface area contributed by atoms with Gasteiger partial charge in [0.25, 0.3) is 5.91 Å². The van der Waals surface area contributed by atoms with Gasteiger partial charge in [-0.15, -0.1) is 0 Å². The molecule has 2 aliphatic heterocycles. The van der Waals surface area contributed by atoms with Crippen LogP contribution in [-0.2, 0) is 11.0 Å². The smallest absolute Gasteiger partial charge is 0.339 e. The van der Waals surface area contributed by atoms with E-state index in [1.165, 1.54) is 23.0 Å². The number of rotatable bonds is 5. The monoisotopic (exact) mass is 567 g/mol. The Hall–Kier alpha value is -4.46. The normalized spacial score (nSPS) is 17.8. The molecule has 5 heterocycles. The minimum absolute atomic E-state index is 0.0245. The van der Waals surface area contributed by atoms with Crippen LogP contribution in [-0.4, -0.2) is 85.4 Å². The standard InChI is InChI=1S/C27H28F3N9O2/c1-16-12-18(2-3-19(16)26(41)38-10-8-37(9-11-38)25(40)17-4-5-31-13-17)35-23-24-33-15-21(39(24)7-6-32-23)20-14-34-36-22(20)27(28,29)30/h2-3,6-7,12,14-15,17,31H,4-5,8-11,13H2,1H3,(H,32,35)(H,34,36)/t17-/m1/s1. The molecule has 6 rings (SSSR count). The van der Waals surface area contributed by atoms with Crippen LogP contribution in [0, 0.1) is 12.8 Å². The third-order valence-corrected chi connectivity index (χ3v) is 7.63. The first-order valence-electron chi connectivity index (χ1n) is 13.3. The predicted molar refractivity (Wildman–Crippen MR) is 143 cm³/mol. The van der Waals surface area contributed by atoms with Crippen molar-refractivity contribution in [3.8, 4) is 11.3 Å². The number of carbonyl (C=O) groups excluding carboxylic acids is 2. The molecule has 0 spiro atoms. The number of hydrogen-bond acceptors (Lipinski definition) is 7. The van der Waals surface area contributed by atoms with Gasteiger partial charge < -0.3 is 20.4 Å². The summed E-state index contributed by atoms with van der Waals surface area (Å²) in [6.45, 7) is 5.41. The van der Waals surface area contributed by atoms with E-state index in [0.717, 1.165) is 24.7 Å². The maximum atomic E-state index is 13.4. The number of aromatic nitrogens is 5. The highest BCUT2D eigenvalue weighted by Crippen LogP contribution is 2.36. The van der Waals surface area contributed by atoms with E-state index in [-0.39, 0.29) is 29.0 Å². The molecule has 0 bridgehead atoms. The fourth-order valence-corrected chi connectivity index (χ4v) is 5.45. The Labute approximate surface area is 232 Å². The van der Waals surface area contributed by atoms with E-state index >= 15 is 0 Å². The molecule has 41 heavy (non-hydrogen) atoms. The van der Waals surface area contributed by atoms with Crippen LogP contribution in [0.2, 0.25) is 0 Å². The minimum Gasteiger partial charge on any atom is -0.339 e. The molecule has 2 aliphatic rings. The summed E-state index contributed by atoms with van der Waals surface area (Å²) >= 11 is 0. The van der Waals surface area contributed by atoms with E-state index in [2.05, 4.69) is 25.7 Å². The number of amides is 2. The van der Waals surface area contributed by atoms with Crippen LogP contribution in [0.3, 0.4) is 0 Å². The summed E-state index contributed by atoms with van der Waals surface area (Å²) in [7, 11) is 0. The molecule has 2 amide bonds. The molecule has 2 fully saturated rings. The summed E-state index contributed by atoms with van der Waals surface area (Å²) in [6.07, 6.45) is 1.70. The maximum absolute atomic E-state index is 13.4. The molecule has 0 aliphatic carbocycles. The molecule has 4 aromatic rings. The average Bonchev–Trinajstić information content (AvgIpc) is 3.73. The second-order valence-electron chi connectivity index (χ2n) is 10.2. The third-order valence-electron chi connectivity index (χ3n) is 7.63. The quantitative estimate of drug-likeness (QED) is 0.339. The van der Waals surface area contributed by atoms with Gasteiger partial charge in [0.15, 0.2) is 11.5 Å². The van der Waals surface area contributed by atoms with E-state index in [9.17, 15) is 22.8 Å². The Kier molecular flexibility index (Phi) is 6.85. The number of alkyl halides is 3. The van der Waals surface area contributed by atoms with E-state index in [1.807, 2.05) is 23.0 Å². The van der Waals surface area contributed by atoms with Gasteiger partial charge in [-0.1, -0.05) is 0 Å². The lowest BCUT2D eigenvalue weighted by Gasteiger charge is -2.36. The third kappa shape index (κ3) is 5.10. The summed E-state index contributed by atoms with van der Waals surface area (Å²) in [5.41, 5.74) is 1.41. The number of piperazine rings is 1. The van der Waals surface area contributed by atoms with Crippen molar-refractivity contribution in [1.29, 1.82) is 0 Å². The lowest BCUT2D eigenvalue weighted by molar-refractivity contribution is -0.140. The first-order chi connectivity index (χ1) is 19.7. The fraction of sp³-hybridized carbons (Fsp3) is 0.370. The summed E-state index contributed by atoms with van der Waals surface area (Å²) in [5.74, 6) is 0.430. The second kappa shape index (κ2) is 10.5. The van der Waals surface area contributed by atoms with Crippen LogP contribution < -0.4 is 10.6 Å². The Morgan fingerprint density at radius 2 is 1.85 bits per heavy atom. The van der Waals surface area contributed by atoms with Gasteiger partial charge in [-0.2, -0.15) is 18.3 Å². The van der Waals surface area contributed by atoms with Crippen molar-refractivity contribution >= 4 is 29.0 Å². The van der Waals surface area contributed by atoms with Gasteiger partial charge in [0.2, 0.25) is 5.91 Å². The molecule has 14 heteroatoms. The zero-order chi connectivity index (χ0) is 28.7. The molecule has 214 valence electrons. The lowest BCUT2D eigenvalue weighted by Crippen LogP contribution is -2.52. The van der Waals surface area contributed by atoms with Crippen molar-refractivity contribution in [2.45, 2.75) is 19.5 Å². The van der Waals surface area contributed by atoms with Crippen molar-refractivity contribution in [3.05, 3.63) is 59.8 Å². The first-order valence-corrected chi connectivity index (χ1v) is 13.3. The molecule has 3 N–H and O–H groups in total. The highest BCUT2D eigenvalue weighted by Gasteiger charge is 2.37. The summed E-state index contributed by atoms with van der Waals surface area (Å²) in [4.78, 5) is 38.2. The van der Waals surface area contributed by atoms with Gasteiger partial charge in [0.05, 0.1) is 29.6 Å². The van der Waals surface area contributed by atoms with Crippen molar-refractivity contribution in [2.24, 2.45) is 5.92 Å². The molecule has 1 aromatic carbocycles. The summed E-state index contributed by atoms with van der Waals surface area (Å²) < 4.78 is 41.8. The Morgan fingerprint density at radius 3 is 2.56 bits per heavy atom. The van der Waals surface area contributed by atoms with E-state index in [0.29, 0.717) is 55.4 Å². The number of anilines is 2. The first kappa shape index (κ1) is 26.7. The van der Waals surface area contributed by atoms with Crippen molar-refractivity contribution in [2.75, 3.05) is 44.6 Å². The van der Waals surface area contributed by atoms with Gasteiger partial charge in [0.1, 0.15) is 5.69 Å². The fourth-order valence-electron chi connectivity index (χ4n) is 5.45. The van der Waals surface area contributed by atoms with Crippen LogP contribution in [0.1, 0.15) is 28.0 Å². The number of nitrogens with one attached hydrogen (secondary N) is 3. The van der Waals surface area contributed by atoms with Crippen LogP contribution >= 0.6 is 0 Å². The number of halogens is 3. The van der Waals surface area contributed by atoms with Crippen LogP contribution in [0.25, 0.3) is 16.9 Å². The average molecular weight is 568 g/mol. The second-order valence-corrected chi connectivity index (χ2v) is 10.2. The van der Waals surface area contributed by atoms with E-state index in [1.54, 1.807) is 17.0 Å². The van der Waals surface area contributed by atoms with Gasteiger partial charge >= 0.3 is 6.18 Å². The molecule has 2 saturated heterocycles. The van der Waals surface area contributed by atoms with Crippen LogP contribution in [0.4, 0.5) is 24.7 Å². The molecular weight excluding hydrogens is 539 g/mol. The molecule has 3 aromatic heterocycles. The molecule has 0 saturated carbocycles. The van der Waals surface area contributed by atoms with Crippen molar-refractivity contribution in [1.82, 2.24) is 39.7 Å². The minimum atomic E-state index is -4.60. The Morgan fingerprint density at radius 1 is 1.07 bits per heavy atom. The lowest BCUT2D eigenvalue weighted by atomic mass is 10.0. The zero-order valence-electron chi connectivity index (χ0n) is 22.2. The zero-order valence-corrected chi connectivity index (χ0v) is 22.2. The number of fused-ring (bicyclic) bond motifs is 1. The van der Waals surface area contributed by atoms with E-state index in [4.69, 9.17) is 0 Å². The van der Waals surface area contributed by atoms with Crippen molar-refractivity contribution in [3.63, 3.8) is 0 Å². The van der Waals surface area contributed by atoms with Gasteiger partial charge in [-0.25, -0.2) is 9.97 Å². The molecule has 1 atom stereocenters. The van der Waals surface area contributed by atoms with Gasteiger partial charge in [0, 0.05) is 56.4 Å². The van der Waals surface area contributed by atoms with E-state index < -0.39 is 11.9 Å². The molecule has 0 radical (unpaired) electrons. The number of benzene rings is 1. The molecular formula is C27H28F3N9O2. The Bertz CT molecular complexity index is 1600. The van der Waals surface area contributed by atoms with Crippen LogP contribution in [0.15, 0.2) is 43.0 Å². The predicted octanol–water partition coefficient (Wildman–Crippen LogP) is 3.08. The number of imidazole rings is 1. The summed E-state index contributed by atoms with van der Waals surface area (Å²) in [6, 6.07) is 5.30. The van der Waals surface area contributed by atoms with Gasteiger partial charge in [-0.3, -0.25) is 19.1 Å². The van der Waals surface area contributed by atoms with Gasteiger partial charge in [-0.05, 0) is 43.7 Å². The number of aromatic amines is 1. The molecule has 11 nitrogen and oxygen atoms in total. The SMILES string of the molecule is Cc1cc(Nc2nccn3c(-c4cn[nH]c4C(F)(F)F)cnc23)ccc1C(=O)N1CCN(C(=O)[C@@H]2CCNC2)CC1. The summed E-state index contributed by atoms with van der Waals surface area (Å²) in [5, 5.41) is 12.0. The number of H-pyrrole nitrogens is 1. The van der Waals surface area contributed by atoms with Crippen molar-refractivity contribution < 1.29 is 22.8 Å². The highest BCUT2D eigenvalue weighted by molar-refractivity contribution is 5.96. The number of carbonyl (C=O) groups is 2. The number of aryl methyl sites for hydroxylation is 1. The topological polar surface area (TPSA) is 124 Å². The van der Waals surface area contributed by atoms with Crippen LogP contribution in [0.5, 0.6) is 0 Å². The number of hydrogen-bond donors (Lipinski definition) is 3. The Balaban J connectivity index is 1.16. The number of nitrogens with zero attached hydrogens (tertiary/aromatic N) is 6. The highest BCUT2D eigenvalue weighted by atomic mass is 19.4.